The lowest BCUT2D eigenvalue weighted by Gasteiger charge is -2.07. The number of aliphatic hydroxyl groups is 1. The Labute approximate surface area is 105 Å². The fourth-order valence-corrected chi connectivity index (χ4v) is 2.24. The second kappa shape index (κ2) is 6.64. The summed E-state index contributed by atoms with van der Waals surface area (Å²) in [4.78, 5) is -0.108. The van der Waals surface area contributed by atoms with Crippen molar-refractivity contribution in [2.45, 2.75) is 4.90 Å². The van der Waals surface area contributed by atoms with Crippen LogP contribution in [-0.4, -0.2) is 39.9 Å². The second-order valence-corrected chi connectivity index (χ2v) is 5.18. The molecule has 0 saturated heterocycles. The molecule has 1 aromatic rings. The van der Waals surface area contributed by atoms with E-state index in [0.717, 1.165) is 18.2 Å². The topological polar surface area (TPSA) is 102 Å². The van der Waals surface area contributed by atoms with Gasteiger partial charge in [0.05, 0.1) is 30.4 Å². The number of hydrogen-bond acceptors (Lipinski definition) is 5. The first-order valence-corrected chi connectivity index (χ1v) is 6.69. The summed E-state index contributed by atoms with van der Waals surface area (Å²) in [6.45, 7) is 0.211. The van der Waals surface area contributed by atoms with Gasteiger partial charge in [-0.15, -0.1) is 0 Å². The van der Waals surface area contributed by atoms with Crippen molar-refractivity contribution in [3.63, 3.8) is 0 Å². The SMILES string of the molecule is Nc1cc(S(=O)(=O)NCCOCCO)ccc1F. The Balaban J connectivity index is 2.60. The molecule has 1 aromatic carbocycles. The number of sulfonamides is 1. The summed E-state index contributed by atoms with van der Waals surface area (Å²) in [6.07, 6.45) is 0. The zero-order valence-electron chi connectivity index (χ0n) is 9.60. The van der Waals surface area contributed by atoms with E-state index >= 15 is 0 Å². The number of nitrogen functional groups attached to an aromatic ring is 1. The molecule has 0 unspecified atom stereocenters. The Morgan fingerprint density at radius 1 is 1.39 bits per heavy atom. The van der Waals surface area contributed by atoms with Crippen LogP contribution < -0.4 is 10.5 Å². The highest BCUT2D eigenvalue weighted by Crippen LogP contribution is 2.16. The van der Waals surface area contributed by atoms with E-state index in [4.69, 9.17) is 15.6 Å². The molecule has 0 saturated carbocycles. The van der Waals surface area contributed by atoms with E-state index in [2.05, 4.69) is 4.72 Å². The van der Waals surface area contributed by atoms with Crippen LogP contribution >= 0.6 is 0 Å². The highest BCUT2D eigenvalue weighted by molar-refractivity contribution is 7.89. The minimum Gasteiger partial charge on any atom is -0.396 e. The molecular formula is C10H15FN2O4S. The molecule has 1 rings (SSSR count). The molecule has 0 aromatic heterocycles. The van der Waals surface area contributed by atoms with Crippen LogP contribution in [0.2, 0.25) is 0 Å². The first-order valence-electron chi connectivity index (χ1n) is 5.20. The molecule has 0 radical (unpaired) electrons. The number of aliphatic hydroxyl groups excluding tert-OH is 1. The molecule has 0 spiro atoms. The monoisotopic (exact) mass is 278 g/mol. The van der Waals surface area contributed by atoms with Gasteiger partial charge in [-0.1, -0.05) is 0 Å². The summed E-state index contributed by atoms with van der Waals surface area (Å²) in [5.41, 5.74) is 5.06. The molecule has 0 aliphatic heterocycles. The lowest BCUT2D eigenvalue weighted by Crippen LogP contribution is -2.27. The van der Waals surface area contributed by atoms with E-state index < -0.39 is 15.8 Å². The number of rotatable bonds is 7. The van der Waals surface area contributed by atoms with Gasteiger partial charge in [-0.3, -0.25) is 0 Å². The van der Waals surface area contributed by atoms with Gasteiger partial charge < -0.3 is 15.6 Å². The van der Waals surface area contributed by atoms with Crippen molar-refractivity contribution in [1.82, 2.24) is 4.72 Å². The average Bonchev–Trinajstić information content (AvgIpc) is 2.32. The van der Waals surface area contributed by atoms with Gasteiger partial charge in [0.2, 0.25) is 10.0 Å². The molecule has 0 fully saturated rings. The second-order valence-electron chi connectivity index (χ2n) is 3.42. The average molecular weight is 278 g/mol. The van der Waals surface area contributed by atoms with Crippen LogP contribution in [0.3, 0.4) is 0 Å². The van der Waals surface area contributed by atoms with Crippen LogP contribution in [0.25, 0.3) is 0 Å². The molecule has 0 amide bonds. The summed E-state index contributed by atoms with van der Waals surface area (Å²) in [5.74, 6) is -0.666. The minimum absolute atomic E-state index is 0.0552. The molecule has 6 nitrogen and oxygen atoms in total. The Hall–Kier alpha value is -1.22. The van der Waals surface area contributed by atoms with Crippen molar-refractivity contribution in [3.05, 3.63) is 24.0 Å². The zero-order valence-corrected chi connectivity index (χ0v) is 10.4. The molecule has 0 aliphatic carbocycles. The lowest BCUT2D eigenvalue weighted by molar-refractivity contribution is 0.0961. The summed E-state index contributed by atoms with van der Waals surface area (Å²) < 4.78 is 43.5. The van der Waals surface area contributed by atoms with Crippen molar-refractivity contribution in [3.8, 4) is 0 Å². The van der Waals surface area contributed by atoms with E-state index in [1.807, 2.05) is 0 Å². The van der Waals surface area contributed by atoms with Gasteiger partial charge in [-0.2, -0.15) is 0 Å². The molecule has 4 N–H and O–H groups in total. The van der Waals surface area contributed by atoms with Crippen molar-refractivity contribution in [1.29, 1.82) is 0 Å². The Bertz CT molecular complexity index is 493. The van der Waals surface area contributed by atoms with Gasteiger partial charge in [-0.25, -0.2) is 17.5 Å². The van der Waals surface area contributed by atoms with Gasteiger partial charge >= 0.3 is 0 Å². The van der Waals surface area contributed by atoms with E-state index in [9.17, 15) is 12.8 Å². The standard InChI is InChI=1S/C10H15FN2O4S/c11-9-2-1-8(7-10(9)12)18(15,16)13-3-5-17-6-4-14/h1-2,7,13-14H,3-6,12H2. The molecule has 8 heteroatoms. The number of benzene rings is 1. The number of anilines is 1. The van der Waals surface area contributed by atoms with Crippen molar-refractivity contribution >= 4 is 15.7 Å². The van der Waals surface area contributed by atoms with E-state index in [0.29, 0.717) is 0 Å². The third-order valence-electron chi connectivity index (χ3n) is 2.05. The molecule has 18 heavy (non-hydrogen) atoms. The van der Waals surface area contributed by atoms with Crippen molar-refractivity contribution < 1.29 is 22.7 Å². The molecule has 0 atom stereocenters. The maximum Gasteiger partial charge on any atom is 0.240 e. The number of hydrogen-bond donors (Lipinski definition) is 3. The third kappa shape index (κ3) is 4.22. The maximum absolute atomic E-state index is 12.9. The summed E-state index contributed by atoms with van der Waals surface area (Å²) in [6, 6.07) is 3.17. The Morgan fingerprint density at radius 2 is 2.11 bits per heavy atom. The van der Waals surface area contributed by atoms with Gasteiger partial charge in [0.25, 0.3) is 0 Å². The number of ether oxygens (including phenoxy) is 1. The van der Waals surface area contributed by atoms with E-state index in [1.54, 1.807) is 0 Å². The Kier molecular flexibility index (Phi) is 5.48. The van der Waals surface area contributed by atoms with Gasteiger partial charge in [0.15, 0.2) is 0 Å². The number of nitrogens with two attached hydrogens (primary N) is 1. The van der Waals surface area contributed by atoms with Crippen molar-refractivity contribution in [2.75, 3.05) is 32.1 Å². The smallest absolute Gasteiger partial charge is 0.240 e. The van der Waals surface area contributed by atoms with Crippen LogP contribution in [0.1, 0.15) is 0 Å². The molecule has 102 valence electrons. The number of nitrogens with one attached hydrogen (secondary N) is 1. The predicted molar refractivity (Wildman–Crippen MR) is 63.9 cm³/mol. The van der Waals surface area contributed by atoms with E-state index in [-0.39, 0.29) is 36.9 Å². The molecule has 0 aliphatic rings. The predicted octanol–water partition coefficient (Wildman–Crippen LogP) is -0.305. The van der Waals surface area contributed by atoms with Crippen LogP contribution in [0.5, 0.6) is 0 Å². The lowest BCUT2D eigenvalue weighted by atomic mass is 10.3. The highest BCUT2D eigenvalue weighted by Gasteiger charge is 2.14. The first kappa shape index (κ1) is 14.8. The quantitative estimate of drug-likeness (QED) is 0.469. The summed E-state index contributed by atoms with van der Waals surface area (Å²) >= 11 is 0. The van der Waals surface area contributed by atoms with Gasteiger partial charge in [0.1, 0.15) is 5.82 Å². The third-order valence-corrected chi connectivity index (χ3v) is 3.51. The first-order chi connectivity index (χ1) is 8.47. The fourth-order valence-electron chi connectivity index (χ4n) is 1.19. The largest absolute Gasteiger partial charge is 0.396 e. The van der Waals surface area contributed by atoms with Gasteiger partial charge in [-0.05, 0) is 18.2 Å². The zero-order chi connectivity index (χ0) is 13.6. The normalized spacial score (nSPS) is 11.7. The van der Waals surface area contributed by atoms with Crippen molar-refractivity contribution in [2.24, 2.45) is 0 Å². The maximum atomic E-state index is 12.9. The van der Waals surface area contributed by atoms with Gasteiger partial charge in [0, 0.05) is 6.54 Å². The molecule has 0 heterocycles. The minimum atomic E-state index is -3.73. The summed E-state index contributed by atoms with van der Waals surface area (Å²) in [5, 5.41) is 8.45. The number of halogens is 1. The van der Waals surface area contributed by atoms with E-state index in [1.165, 1.54) is 0 Å². The van der Waals surface area contributed by atoms with Crippen LogP contribution in [0, 0.1) is 5.82 Å². The summed E-state index contributed by atoms with van der Waals surface area (Å²) in [7, 11) is -3.73. The van der Waals surface area contributed by atoms with Crippen LogP contribution in [0.15, 0.2) is 23.1 Å². The fraction of sp³-hybridized carbons (Fsp3) is 0.400. The molecule has 0 bridgehead atoms. The van der Waals surface area contributed by atoms with Crippen LogP contribution in [0.4, 0.5) is 10.1 Å². The molecular weight excluding hydrogens is 263 g/mol. The highest BCUT2D eigenvalue weighted by atomic mass is 32.2. The Morgan fingerprint density at radius 3 is 2.72 bits per heavy atom. The van der Waals surface area contributed by atoms with Crippen LogP contribution in [-0.2, 0) is 14.8 Å².